The number of aliphatic hydroxyl groups excluding tert-OH is 1. The minimum absolute atomic E-state index is 0.00606. The molecule has 1 rings (SSSR count). The van der Waals surface area contributed by atoms with E-state index >= 15 is 0 Å². The number of rotatable bonds is 4. The van der Waals surface area contributed by atoms with Gasteiger partial charge in [-0.25, -0.2) is 0 Å². The van der Waals surface area contributed by atoms with Crippen molar-refractivity contribution in [2.75, 3.05) is 19.7 Å². The molecule has 1 aliphatic heterocycles. The molecule has 72 valence electrons. The molecule has 1 heterocycles. The van der Waals surface area contributed by atoms with Crippen molar-refractivity contribution in [3.63, 3.8) is 0 Å². The van der Waals surface area contributed by atoms with E-state index in [1.165, 1.54) is 0 Å². The van der Waals surface area contributed by atoms with Crippen LogP contribution in [-0.2, 0) is 4.74 Å². The summed E-state index contributed by atoms with van der Waals surface area (Å²) in [6.45, 7) is 6.62. The van der Waals surface area contributed by atoms with Gasteiger partial charge in [-0.1, -0.05) is 13.8 Å². The summed E-state index contributed by atoms with van der Waals surface area (Å²) in [7, 11) is 0. The second-order valence-electron chi connectivity index (χ2n) is 3.54. The molecule has 1 unspecified atom stereocenters. The monoisotopic (exact) mass is 173 g/mol. The van der Waals surface area contributed by atoms with Gasteiger partial charge in [0.2, 0.25) is 0 Å². The lowest BCUT2D eigenvalue weighted by Gasteiger charge is -2.15. The SMILES string of the molecule is CCCNC[C@@H]1OCC(C)[C@@H]1O. The van der Waals surface area contributed by atoms with Gasteiger partial charge in [0.25, 0.3) is 0 Å². The Kier molecular flexibility index (Phi) is 3.98. The van der Waals surface area contributed by atoms with Crippen LogP contribution in [0.2, 0.25) is 0 Å². The molecule has 0 aliphatic carbocycles. The summed E-state index contributed by atoms with van der Waals surface area (Å²) in [6.07, 6.45) is 0.846. The Morgan fingerprint density at radius 3 is 2.83 bits per heavy atom. The highest BCUT2D eigenvalue weighted by molar-refractivity contribution is 4.82. The van der Waals surface area contributed by atoms with Gasteiger partial charge in [-0.05, 0) is 13.0 Å². The number of hydrogen-bond acceptors (Lipinski definition) is 3. The largest absolute Gasteiger partial charge is 0.390 e. The molecule has 1 fully saturated rings. The maximum atomic E-state index is 9.59. The first-order valence-corrected chi connectivity index (χ1v) is 4.76. The molecule has 0 aromatic carbocycles. The highest BCUT2D eigenvalue weighted by Gasteiger charge is 2.31. The van der Waals surface area contributed by atoms with E-state index in [4.69, 9.17) is 4.74 Å². The van der Waals surface area contributed by atoms with E-state index in [2.05, 4.69) is 12.2 Å². The van der Waals surface area contributed by atoms with E-state index in [1.807, 2.05) is 6.92 Å². The molecule has 0 radical (unpaired) electrons. The third-order valence-corrected chi connectivity index (χ3v) is 2.31. The summed E-state index contributed by atoms with van der Waals surface area (Å²) >= 11 is 0. The van der Waals surface area contributed by atoms with Crippen molar-refractivity contribution in [2.24, 2.45) is 5.92 Å². The van der Waals surface area contributed by atoms with Gasteiger partial charge in [0.05, 0.1) is 18.8 Å². The molecule has 0 spiro atoms. The first-order chi connectivity index (χ1) is 5.75. The lowest BCUT2D eigenvalue weighted by molar-refractivity contribution is 0.0402. The number of aliphatic hydroxyl groups is 1. The van der Waals surface area contributed by atoms with Gasteiger partial charge >= 0.3 is 0 Å². The van der Waals surface area contributed by atoms with E-state index in [0.29, 0.717) is 12.5 Å². The number of nitrogens with one attached hydrogen (secondary N) is 1. The van der Waals surface area contributed by atoms with Crippen LogP contribution in [0.3, 0.4) is 0 Å². The summed E-state index contributed by atoms with van der Waals surface area (Å²) in [5, 5.41) is 12.8. The van der Waals surface area contributed by atoms with Crippen molar-refractivity contribution in [3.8, 4) is 0 Å². The molecular weight excluding hydrogens is 154 g/mol. The lowest BCUT2D eigenvalue weighted by atomic mass is 10.0. The molecule has 3 heteroatoms. The van der Waals surface area contributed by atoms with Gasteiger partial charge in [-0.15, -0.1) is 0 Å². The minimum atomic E-state index is -0.283. The Hall–Kier alpha value is -0.120. The highest BCUT2D eigenvalue weighted by atomic mass is 16.5. The number of hydrogen-bond donors (Lipinski definition) is 2. The van der Waals surface area contributed by atoms with E-state index in [9.17, 15) is 5.11 Å². The standard InChI is InChI=1S/C9H19NO2/c1-3-4-10-5-8-9(11)7(2)6-12-8/h7-11H,3-6H2,1-2H3/t7?,8-,9-/m0/s1. The van der Waals surface area contributed by atoms with Crippen molar-refractivity contribution in [2.45, 2.75) is 32.5 Å². The average Bonchev–Trinajstić information content (AvgIpc) is 2.36. The van der Waals surface area contributed by atoms with Gasteiger partial charge in [0, 0.05) is 12.5 Å². The van der Waals surface area contributed by atoms with E-state index < -0.39 is 0 Å². The van der Waals surface area contributed by atoms with Gasteiger partial charge < -0.3 is 15.2 Å². The lowest BCUT2D eigenvalue weighted by Crippen LogP contribution is -2.35. The van der Waals surface area contributed by atoms with Crippen molar-refractivity contribution in [1.82, 2.24) is 5.32 Å². The molecule has 1 saturated heterocycles. The van der Waals surface area contributed by atoms with Gasteiger partial charge in [0.15, 0.2) is 0 Å². The Balaban J connectivity index is 2.16. The Morgan fingerprint density at radius 1 is 1.58 bits per heavy atom. The minimum Gasteiger partial charge on any atom is -0.390 e. The molecule has 0 bridgehead atoms. The van der Waals surface area contributed by atoms with Crippen LogP contribution in [0.15, 0.2) is 0 Å². The Bertz CT molecular complexity index is 130. The molecule has 0 amide bonds. The molecule has 0 saturated carbocycles. The summed E-state index contributed by atoms with van der Waals surface area (Å²) in [5.74, 6) is 0.290. The summed E-state index contributed by atoms with van der Waals surface area (Å²) in [6, 6.07) is 0. The van der Waals surface area contributed by atoms with Crippen LogP contribution in [0.1, 0.15) is 20.3 Å². The zero-order chi connectivity index (χ0) is 8.97. The fraction of sp³-hybridized carbons (Fsp3) is 1.00. The van der Waals surface area contributed by atoms with Crippen molar-refractivity contribution >= 4 is 0 Å². The second kappa shape index (κ2) is 4.80. The van der Waals surface area contributed by atoms with Crippen LogP contribution in [0, 0.1) is 5.92 Å². The molecule has 12 heavy (non-hydrogen) atoms. The maximum Gasteiger partial charge on any atom is 0.0961 e. The highest BCUT2D eigenvalue weighted by Crippen LogP contribution is 2.18. The summed E-state index contributed by atoms with van der Waals surface area (Å²) in [4.78, 5) is 0. The molecule has 0 aromatic heterocycles. The smallest absolute Gasteiger partial charge is 0.0961 e. The van der Waals surface area contributed by atoms with Gasteiger partial charge in [-0.2, -0.15) is 0 Å². The van der Waals surface area contributed by atoms with Crippen LogP contribution in [0.5, 0.6) is 0 Å². The van der Waals surface area contributed by atoms with Crippen LogP contribution in [0.25, 0.3) is 0 Å². The van der Waals surface area contributed by atoms with Crippen molar-refractivity contribution in [3.05, 3.63) is 0 Å². The van der Waals surface area contributed by atoms with E-state index in [-0.39, 0.29) is 12.2 Å². The molecule has 3 atom stereocenters. The molecular formula is C9H19NO2. The zero-order valence-electron chi connectivity index (χ0n) is 7.92. The molecule has 2 N–H and O–H groups in total. The first kappa shape index (κ1) is 9.96. The fourth-order valence-corrected chi connectivity index (χ4v) is 1.44. The summed E-state index contributed by atoms with van der Waals surface area (Å²) in [5.41, 5.74) is 0. The summed E-state index contributed by atoms with van der Waals surface area (Å²) < 4.78 is 5.41. The predicted octanol–water partition coefficient (Wildman–Crippen LogP) is 0.382. The Morgan fingerprint density at radius 2 is 2.33 bits per heavy atom. The second-order valence-corrected chi connectivity index (χ2v) is 3.54. The molecule has 1 aliphatic rings. The quantitative estimate of drug-likeness (QED) is 0.604. The number of ether oxygens (including phenoxy) is 1. The van der Waals surface area contributed by atoms with Crippen molar-refractivity contribution in [1.29, 1.82) is 0 Å². The molecule has 3 nitrogen and oxygen atoms in total. The maximum absolute atomic E-state index is 9.59. The van der Waals surface area contributed by atoms with E-state index in [0.717, 1.165) is 19.5 Å². The van der Waals surface area contributed by atoms with Gasteiger partial charge in [0.1, 0.15) is 0 Å². The van der Waals surface area contributed by atoms with Crippen LogP contribution in [-0.4, -0.2) is 37.0 Å². The molecule has 0 aromatic rings. The third kappa shape index (κ3) is 2.44. The van der Waals surface area contributed by atoms with Crippen LogP contribution in [0.4, 0.5) is 0 Å². The predicted molar refractivity (Wildman–Crippen MR) is 48.1 cm³/mol. The zero-order valence-corrected chi connectivity index (χ0v) is 7.92. The average molecular weight is 173 g/mol. The fourth-order valence-electron chi connectivity index (χ4n) is 1.44. The van der Waals surface area contributed by atoms with Gasteiger partial charge in [-0.3, -0.25) is 0 Å². The van der Waals surface area contributed by atoms with E-state index in [1.54, 1.807) is 0 Å². The topological polar surface area (TPSA) is 41.5 Å². The Labute approximate surface area is 74.1 Å². The first-order valence-electron chi connectivity index (χ1n) is 4.76. The third-order valence-electron chi connectivity index (χ3n) is 2.31. The van der Waals surface area contributed by atoms with Crippen molar-refractivity contribution < 1.29 is 9.84 Å². The van der Waals surface area contributed by atoms with Crippen LogP contribution < -0.4 is 5.32 Å². The normalized spacial score (nSPS) is 35.8. The van der Waals surface area contributed by atoms with Crippen LogP contribution >= 0.6 is 0 Å².